The summed E-state index contributed by atoms with van der Waals surface area (Å²) in [5, 5.41) is 12.4. The number of carbonyl (C=O) groups is 1. The van der Waals surface area contributed by atoms with E-state index in [0.717, 1.165) is 48.9 Å². The van der Waals surface area contributed by atoms with Gasteiger partial charge in [-0.1, -0.05) is 30.0 Å². The number of carbonyl (C=O) groups excluding carboxylic acids is 1. The van der Waals surface area contributed by atoms with Gasteiger partial charge in [0.2, 0.25) is 5.91 Å². The Balaban J connectivity index is 1.27. The van der Waals surface area contributed by atoms with Crippen LogP contribution >= 0.6 is 11.8 Å². The zero-order valence-electron chi connectivity index (χ0n) is 18.5. The molecule has 2 aromatic heterocycles. The van der Waals surface area contributed by atoms with Crippen molar-refractivity contribution in [1.82, 2.24) is 19.7 Å². The van der Waals surface area contributed by atoms with Crippen LogP contribution in [-0.2, 0) is 9.53 Å². The summed E-state index contributed by atoms with van der Waals surface area (Å²) in [6.07, 6.45) is 3.45. The number of pyridine rings is 1. The van der Waals surface area contributed by atoms with E-state index >= 15 is 0 Å². The summed E-state index contributed by atoms with van der Waals surface area (Å²) in [6, 6.07) is 21.6. The van der Waals surface area contributed by atoms with E-state index in [9.17, 15) is 4.79 Å². The zero-order chi connectivity index (χ0) is 23.2. The van der Waals surface area contributed by atoms with Crippen molar-refractivity contribution in [2.75, 3.05) is 42.3 Å². The van der Waals surface area contributed by atoms with Gasteiger partial charge in [-0.15, -0.1) is 10.2 Å². The van der Waals surface area contributed by atoms with Crippen molar-refractivity contribution in [2.45, 2.75) is 5.16 Å². The number of ether oxygens (including phenoxy) is 1. The molecule has 0 aliphatic carbocycles. The average Bonchev–Trinajstić information content (AvgIpc) is 3.33. The van der Waals surface area contributed by atoms with Gasteiger partial charge in [-0.25, -0.2) is 0 Å². The zero-order valence-corrected chi connectivity index (χ0v) is 19.3. The van der Waals surface area contributed by atoms with Crippen LogP contribution in [0, 0.1) is 0 Å². The quantitative estimate of drug-likeness (QED) is 0.408. The van der Waals surface area contributed by atoms with Gasteiger partial charge in [-0.2, -0.15) is 0 Å². The molecule has 1 saturated heterocycles. The number of benzene rings is 2. The topological polar surface area (TPSA) is 85.2 Å². The fraction of sp³-hybridized carbons (Fsp3) is 0.200. The van der Waals surface area contributed by atoms with E-state index in [1.54, 1.807) is 12.4 Å². The van der Waals surface area contributed by atoms with Gasteiger partial charge in [-0.05, 0) is 48.5 Å². The summed E-state index contributed by atoms with van der Waals surface area (Å²) in [5.74, 6) is 0.819. The minimum absolute atomic E-state index is 0.0998. The number of rotatable bonds is 7. The van der Waals surface area contributed by atoms with Gasteiger partial charge in [0, 0.05) is 48.1 Å². The van der Waals surface area contributed by atoms with Crippen molar-refractivity contribution in [1.29, 1.82) is 0 Å². The van der Waals surface area contributed by atoms with E-state index in [0.29, 0.717) is 11.0 Å². The molecule has 172 valence electrons. The molecule has 34 heavy (non-hydrogen) atoms. The molecule has 4 aromatic rings. The predicted molar refractivity (Wildman–Crippen MR) is 133 cm³/mol. The molecular weight excluding hydrogens is 448 g/mol. The molecule has 0 spiro atoms. The van der Waals surface area contributed by atoms with Crippen LogP contribution in [0.2, 0.25) is 0 Å². The van der Waals surface area contributed by atoms with E-state index in [1.807, 2.05) is 71.3 Å². The lowest BCUT2D eigenvalue weighted by Gasteiger charge is -2.28. The van der Waals surface area contributed by atoms with Crippen LogP contribution in [0.4, 0.5) is 11.4 Å². The number of nitrogens with zero attached hydrogens (tertiary/aromatic N) is 5. The number of nitrogens with one attached hydrogen (secondary N) is 1. The number of morpholine rings is 1. The molecule has 0 unspecified atom stereocenters. The second kappa shape index (κ2) is 10.5. The second-order valence-corrected chi connectivity index (χ2v) is 8.64. The van der Waals surface area contributed by atoms with Gasteiger partial charge >= 0.3 is 0 Å². The van der Waals surface area contributed by atoms with Gasteiger partial charge in [0.15, 0.2) is 11.0 Å². The lowest BCUT2D eigenvalue weighted by Crippen LogP contribution is -2.36. The van der Waals surface area contributed by atoms with Crippen molar-refractivity contribution in [3.05, 3.63) is 79.1 Å². The van der Waals surface area contributed by atoms with E-state index in [-0.39, 0.29) is 11.7 Å². The number of aromatic nitrogens is 4. The van der Waals surface area contributed by atoms with Gasteiger partial charge in [0.25, 0.3) is 0 Å². The van der Waals surface area contributed by atoms with E-state index in [1.165, 1.54) is 11.8 Å². The molecule has 1 aliphatic heterocycles. The summed E-state index contributed by atoms with van der Waals surface area (Å²) in [5.41, 5.74) is 3.74. The van der Waals surface area contributed by atoms with Gasteiger partial charge in [0.1, 0.15) is 0 Å². The summed E-state index contributed by atoms with van der Waals surface area (Å²) in [6.45, 7) is 3.25. The van der Waals surface area contributed by atoms with Crippen LogP contribution in [0.3, 0.4) is 0 Å². The third-order valence-corrected chi connectivity index (χ3v) is 6.37. The first-order valence-corrected chi connectivity index (χ1v) is 12.0. The number of para-hydroxylation sites is 1. The predicted octanol–water partition coefficient (Wildman–Crippen LogP) is 3.90. The van der Waals surface area contributed by atoms with E-state index < -0.39 is 0 Å². The fourth-order valence-electron chi connectivity index (χ4n) is 3.77. The Morgan fingerprint density at radius 3 is 2.38 bits per heavy atom. The van der Waals surface area contributed by atoms with Gasteiger partial charge in [0.05, 0.1) is 19.0 Å². The first-order valence-electron chi connectivity index (χ1n) is 11.0. The summed E-state index contributed by atoms with van der Waals surface area (Å²) >= 11 is 1.35. The Morgan fingerprint density at radius 1 is 0.912 bits per heavy atom. The summed E-state index contributed by atoms with van der Waals surface area (Å²) in [4.78, 5) is 19.0. The molecule has 5 rings (SSSR count). The maximum atomic E-state index is 12.7. The lowest BCUT2D eigenvalue weighted by molar-refractivity contribution is -0.113. The molecule has 1 fully saturated rings. The van der Waals surface area contributed by atoms with Gasteiger partial charge < -0.3 is 15.0 Å². The van der Waals surface area contributed by atoms with Crippen molar-refractivity contribution < 1.29 is 9.53 Å². The molecule has 3 heterocycles. The lowest BCUT2D eigenvalue weighted by atomic mass is 10.2. The number of hydrogen-bond donors (Lipinski definition) is 1. The van der Waals surface area contributed by atoms with Crippen LogP contribution < -0.4 is 10.2 Å². The van der Waals surface area contributed by atoms with Gasteiger partial charge in [-0.3, -0.25) is 14.3 Å². The molecule has 1 amide bonds. The smallest absolute Gasteiger partial charge is 0.234 e. The third-order valence-electron chi connectivity index (χ3n) is 5.45. The van der Waals surface area contributed by atoms with Crippen LogP contribution in [0.5, 0.6) is 0 Å². The Kier molecular flexibility index (Phi) is 6.83. The minimum atomic E-state index is -0.0998. The first kappa shape index (κ1) is 22.1. The Labute approximate surface area is 202 Å². The third kappa shape index (κ3) is 5.11. The average molecular weight is 473 g/mol. The first-order chi connectivity index (χ1) is 16.8. The highest BCUT2D eigenvalue weighted by Gasteiger charge is 2.17. The van der Waals surface area contributed by atoms with Crippen LogP contribution in [0.25, 0.3) is 17.1 Å². The van der Waals surface area contributed by atoms with Crippen molar-refractivity contribution in [2.24, 2.45) is 0 Å². The van der Waals surface area contributed by atoms with E-state index in [4.69, 9.17) is 4.74 Å². The molecule has 0 saturated carbocycles. The molecular formula is C25H24N6O2S. The molecule has 1 aliphatic rings. The number of hydrogen-bond acceptors (Lipinski definition) is 7. The second-order valence-electron chi connectivity index (χ2n) is 7.70. The highest BCUT2D eigenvalue weighted by atomic mass is 32.2. The maximum absolute atomic E-state index is 12.7. The SMILES string of the molecule is O=C(CSc1nnc(-c2ccncc2)n1-c1ccccc1)Nc1ccc(N2CCOCC2)cc1. The van der Waals surface area contributed by atoms with Crippen LogP contribution in [0.15, 0.2) is 84.3 Å². The molecule has 0 atom stereocenters. The molecule has 1 N–H and O–H groups in total. The summed E-state index contributed by atoms with van der Waals surface area (Å²) in [7, 11) is 0. The molecule has 2 aromatic carbocycles. The van der Waals surface area contributed by atoms with Crippen molar-refractivity contribution in [3.63, 3.8) is 0 Å². The monoisotopic (exact) mass is 472 g/mol. The van der Waals surface area contributed by atoms with Crippen molar-refractivity contribution >= 4 is 29.0 Å². The standard InChI is InChI=1S/C25H24N6O2S/c32-23(27-20-6-8-21(9-7-20)30-14-16-33-17-15-30)18-34-25-29-28-24(19-10-12-26-13-11-19)31(25)22-4-2-1-3-5-22/h1-13H,14-18H2,(H,27,32). The normalized spacial score (nSPS) is 13.6. The summed E-state index contributed by atoms with van der Waals surface area (Å²) < 4.78 is 7.37. The molecule has 8 nitrogen and oxygen atoms in total. The Morgan fingerprint density at radius 2 is 1.65 bits per heavy atom. The highest BCUT2D eigenvalue weighted by Crippen LogP contribution is 2.28. The van der Waals surface area contributed by atoms with Crippen LogP contribution in [-0.4, -0.2) is 57.7 Å². The van der Waals surface area contributed by atoms with E-state index in [2.05, 4.69) is 25.4 Å². The molecule has 9 heteroatoms. The Bertz CT molecular complexity index is 1230. The number of anilines is 2. The number of thioether (sulfide) groups is 1. The van der Waals surface area contributed by atoms with Crippen LogP contribution in [0.1, 0.15) is 0 Å². The highest BCUT2D eigenvalue weighted by molar-refractivity contribution is 7.99. The molecule has 0 radical (unpaired) electrons. The number of amides is 1. The minimum Gasteiger partial charge on any atom is -0.378 e. The Hall–Kier alpha value is -3.69. The van der Waals surface area contributed by atoms with Crippen molar-refractivity contribution in [3.8, 4) is 17.1 Å². The fourth-order valence-corrected chi connectivity index (χ4v) is 4.52. The maximum Gasteiger partial charge on any atom is 0.234 e. The molecule has 0 bridgehead atoms. The largest absolute Gasteiger partial charge is 0.378 e.